The van der Waals surface area contributed by atoms with E-state index in [1.165, 1.54) is 24.3 Å². The summed E-state index contributed by atoms with van der Waals surface area (Å²) in [6, 6.07) is 5.10. The molecule has 1 atom stereocenters. The first-order valence-corrected chi connectivity index (χ1v) is 5.86. The fourth-order valence-corrected chi connectivity index (χ4v) is 1.80. The smallest absolute Gasteiger partial charge is 0.187 e. The van der Waals surface area contributed by atoms with E-state index < -0.39 is 6.04 Å². The summed E-state index contributed by atoms with van der Waals surface area (Å²) in [6.07, 6.45) is 3.35. The van der Waals surface area contributed by atoms with Crippen LogP contribution in [0.5, 0.6) is 0 Å². The van der Waals surface area contributed by atoms with Gasteiger partial charge in [0.1, 0.15) is 11.9 Å². The van der Waals surface area contributed by atoms with Gasteiger partial charge in [0.05, 0.1) is 10.7 Å². The molecule has 88 valence electrons. The highest BCUT2D eigenvalue weighted by Gasteiger charge is 2.17. The van der Waals surface area contributed by atoms with Crippen LogP contribution < -0.4 is 0 Å². The Morgan fingerprint density at radius 2 is 2.06 bits per heavy atom. The number of halogens is 2. The van der Waals surface area contributed by atoms with E-state index >= 15 is 0 Å². The lowest BCUT2D eigenvalue weighted by atomic mass is 10.1. The van der Waals surface area contributed by atoms with Crippen LogP contribution in [0, 0.1) is 5.82 Å². The van der Waals surface area contributed by atoms with E-state index in [-0.39, 0.29) is 11.6 Å². The first-order chi connectivity index (χ1) is 8.08. The van der Waals surface area contributed by atoms with Gasteiger partial charge in [-0.2, -0.15) is 5.10 Å². The molecule has 2 aromatic rings. The predicted octanol–water partition coefficient (Wildman–Crippen LogP) is 3.23. The normalized spacial score (nSPS) is 12.4. The number of hydrogen-bond donors (Lipinski definition) is 0. The summed E-state index contributed by atoms with van der Waals surface area (Å²) in [4.78, 5) is 12.1. The lowest BCUT2D eigenvalue weighted by Gasteiger charge is -2.10. The van der Waals surface area contributed by atoms with Gasteiger partial charge in [-0.3, -0.25) is 9.48 Å². The fraction of sp³-hybridized carbons (Fsp3) is 0.167. The van der Waals surface area contributed by atoms with Crippen LogP contribution in [0.4, 0.5) is 4.39 Å². The van der Waals surface area contributed by atoms with Crippen LogP contribution in [0.3, 0.4) is 0 Å². The van der Waals surface area contributed by atoms with E-state index in [2.05, 4.69) is 21.0 Å². The molecule has 0 aliphatic rings. The summed E-state index contributed by atoms with van der Waals surface area (Å²) < 4.78 is 15.1. The summed E-state index contributed by atoms with van der Waals surface area (Å²) in [5.74, 6) is -0.448. The van der Waals surface area contributed by atoms with Crippen molar-refractivity contribution >= 4 is 21.7 Å². The van der Waals surface area contributed by atoms with Gasteiger partial charge >= 0.3 is 0 Å². The molecule has 1 aromatic carbocycles. The molecule has 0 radical (unpaired) electrons. The SMILES string of the molecule is CC(C(=O)c1ccc(F)cc1)n1cc(Br)cn1. The minimum atomic E-state index is -0.410. The molecule has 0 saturated heterocycles. The van der Waals surface area contributed by atoms with E-state index in [4.69, 9.17) is 0 Å². The second-order valence-corrected chi connectivity index (χ2v) is 4.60. The second kappa shape index (κ2) is 4.79. The first-order valence-electron chi connectivity index (χ1n) is 5.07. The van der Waals surface area contributed by atoms with Gasteiger partial charge in [-0.15, -0.1) is 0 Å². The molecule has 1 heterocycles. The third-order valence-corrected chi connectivity index (χ3v) is 2.88. The Labute approximate surface area is 106 Å². The standard InChI is InChI=1S/C12H10BrFN2O/c1-8(16-7-10(13)6-15-16)12(17)9-2-4-11(14)5-3-9/h2-8H,1H3. The summed E-state index contributed by atoms with van der Waals surface area (Å²) in [5.41, 5.74) is 0.477. The van der Waals surface area contributed by atoms with Crippen molar-refractivity contribution in [3.8, 4) is 0 Å². The lowest BCUT2D eigenvalue weighted by Crippen LogP contribution is -2.17. The van der Waals surface area contributed by atoms with Crippen LogP contribution >= 0.6 is 15.9 Å². The lowest BCUT2D eigenvalue weighted by molar-refractivity contribution is 0.0928. The number of Topliss-reactive ketones (excluding diaryl/α,β-unsaturated/α-hetero) is 1. The summed E-state index contributed by atoms with van der Waals surface area (Å²) in [6.45, 7) is 1.76. The number of carbonyl (C=O) groups is 1. The van der Waals surface area contributed by atoms with E-state index in [0.717, 1.165) is 4.47 Å². The fourth-order valence-electron chi connectivity index (χ4n) is 1.50. The van der Waals surface area contributed by atoms with Crippen LogP contribution in [0.2, 0.25) is 0 Å². The Morgan fingerprint density at radius 1 is 1.41 bits per heavy atom. The molecular formula is C12H10BrFN2O. The van der Waals surface area contributed by atoms with Crippen LogP contribution in [0.15, 0.2) is 41.1 Å². The van der Waals surface area contributed by atoms with Crippen molar-refractivity contribution < 1.29 is 9.18 Å². The third kappa shape index (κ3) is 2.61. The number of benzene rings is 1. The maximum absolute atomic E-state index is 12.7. The average Bonchev–Trinajstić information content (AvgIpc) is 2.75. The maximum Gasteiger partial charge on any atom is 0.187 e. The molecule has 0 fully saturated rings. The molecule has 1 unspecified atom stereocenters. The molecule has 0 spiro atoms. The van der Waals surface area contributed by atoms with Gasteiger partial charge in [0.25, 0.3) is 0 Å². The molecule has 2 rings (SSSR count). The Balaban J connectivity index is 2.23. The van der Waals surface area contributed by atoms with Crippen LogP contribution in [-0.4, -0.2) is 15.6 Å². The van der Waals surface area contributed by atoms with Gasteiger partial charge in [-0.05, 0) is 47.1 Å². The molecule has 5 heteroatoms. The van der Waals surface area contributed by atoms with E-state index in [9.17, 15) is 9.18 Å². The zero-order chi connectivity index (χ0) is 12.4. The van der Waals surface area contributed by atoms with Gasteiger partial charge in [0, 0.05) is 11.8 Å². The van der Waals surface area contributed by atoms with Crippen LogP contribution in [0.1, 0.15) is 23.3 Å². The molecule has 3 nitrogen and oxygen atoms in total. The molecule has 0 bridgehead atoms. The maximum atomic E-state index is 12.7. The molecule has 17 heavy (non-hydrogen) atoms. The number of carbonyl (C=O) groups excluding carboxylic acids is 1. The Kier molecular flexibility index (Phi) is 3.38. The van der Waals surface area contributed by atoms with Gasteiger partial charge in [-0.25, -0.2) is 4.39 Å². The number of rotatable bonds is 3. The molecular weight excluding hydrogens is 287 g/mol. The third-order valence-electron chi connectivity index (χ3n) is 2.47. The molecule has 1 aromatic heterocycles. The monoisotopic (exact) mass is 296 g/mol. The van der Waals surface area contributed by atoms with E-state index in [0.29, 0.717) is 5.56 Å². The van der Waals surface area contributed by atoms with Gasteiger partial charge in [0.2, 0.25) is 0 Å². The number of hydrogen-bond acceptors (Lipinski definition) is 2. The summed E-state index contributed by atoms with van der Waals surface area (Å²) in [7, 11) is 0. The highest BCUT2D eigenvalue weighted by molar-refractivity contribution is 9.10. The minimum absolute atomic E-state index is 0.0967. The van der Waals surface area contributed by atoms with Crippen molar-refractivity contribution in [2.75, 3.05) is 0 Å². The molecule has 0 aliphatic heterocycles. The zero-order valence-corrected chi connectivity index (χ0v) is 10.7. The van der Waals surface area contributed by atoms with Crippen molar-refractivity contribution in [2.24, 2.45) is 0 Å². The topological polar surface area (TPSA) is 34.9 Å². The van der Waals surface area contributed by atoms with E-state index in [1.54, 1.807) is 24.0 Å². The first kappa shape index (κ1) is 12.0. The predicted molar refractivity (Wildman–Crippen MR) is 65.4 cm³/mol. The molecule has 0 aliphatic carbocycles. The van der Waals surface area contributed by atoms with Crippen LogP contribution in [-0.2, 0) is 0 Å². The number of nitrogens with zero attached hydrogens (tertiary/aromatic N) is 2. The second-order valence-electron chi connectivity index (χ2n) is 3.69. The Hall–Kier alpha value is -1.49. The van der Waals surface area contributed by atoms with Crippen molar-refractivity contribution in [3.63, 3.8) is 0 Å². The number of ketones is 1. The van der Waals surface area contributed by atoms with E-state index in [1.807, 2.05) is 0 Å². The molecule has 0 saturated carbocycles. The van der Waals surface area contributed by atoms with Gasteiger partial charge in [-0.1, -0.05) is 0 Å². The van der Waals surface area contributed by atoms with Crippen molar-refractivity contribution in [1.82, 2.24) is 9.78 Å². The van der Waals surface area contributed by atoms with Gasteiger partial charge in [0.15, 0.2) is 5.78 Å². The highest BCUT2D eigenvalue weighted by atomic mass is 79.9. The van der Waals surface area contributed by atoms with Gasteiger partial charge < -0.3 is 0 Å². The number of aromatic nitrogens is 2. The van der Waals surface area contributed by atoms with Crippen LogP contribution in [0.25, 0.3) is 0 Å². The average molecular weight is 297 g/mol. The zero-order valence-electron chi connectivity index (χ0n) is 9.10. The largest absolute Gasteiger partial charge is 0.292 e. The Morgan fingerprint density at radius 3 is 2.59 bits per heavy atom. The summed E-state index contributed by atoms with van der Waals surface area (Å²) in [5, 5.41) is 4.05. The highest BCUT2D eigenvalue weighted by Crippen LogP contribution is 2.16. The van der Waals surface area contributed by atoms with Crippen molar-refractivity contribution in [3.05, 3.63) is 52.5 Å². The molecule has 0 N–H and O–H groups in total. The molecule has 0 amide bonds. The summed E-state index contributed by atoms with van der Waals surface area (Å²) >= 11 is 3.27. The minimum Gasteiger partial charge on any atom is -0.292 e. The van der Waals surface area contributed by atoms with Crippen molar-refractivity contribution in [2.45, 2.75) is 13.0 Å². The quantitative estimate of drug-likeness (QED) is 0.815. The van der Waals surface area contributed by atoms with Crippen molar-refractivity contribution in [1.29, 1.82) is 0 Å². The Bertz CT molecular complexity index is 536.